The van der Waals surface area contributed by atoms with Crippen molar-refractivity contribution in [1.29, 1.82) is 0 Å². The van der Waals surface area contributed by atoms with E-state index in [1.165, 1.54) is 11.1 Å². The highest BCUT2D eigenvalue weighted by atomic mass is 16.2. The fourth-order valence-corrected chi connectivity index (χ4v) is 2.23. The van der Waals surface area contributed by atoms with Gasteiger partial charge in [-0.25, -0.2) is 4.99 Å². The van der Waals surface area contributed by atoms with Crippen molar-refractivity contribution in [2.45, 2.75) is 20.3 Å². The molecular formula is C19H25N5O. The molecule has 6 nitrogen and oxygen atoms in total. The number of nitrogens with zero attached hydrogens (tertiary/aromatic N) is 3. The zero-order chi connectivity index (χ0) is 18.2. The maximum absolute atomic E-state index is 12.1. The molecule has 0 fully saturated rings. The number of likely N-dealkylation sites (N-methyl/N-ethyl adjacent to an activating group) is 1. The van der Waals surface area contributed by atoms with E-state index in [0.29, 0.717) is 13.0 Å². The van der Waals surface area contributed by atoms with Gasteiger partial charge in [0.1, 0.15) is 6.54 Å². The van der Waals surface area contributed by atoms with Gasteiger partial charge in [0.2, 0.25) is 5.91 Å². The zero-order valence-electron chi connectivity index (χ0n) is 15.0. The molecule has 1 heterocycles. The summed E-state index contributed by atoms with van der Waals surface area (Å²) in [5.41, 5.74) is 10.1. The van der Waals surface area contributed by atoms with Crippen molar-refractivity contribution in [1.82, 2.24) is 9.88 Å². The molecular weight excluding hydrogens is 314 g/mol. The van der Waals surface area contributed by atoms with E-state index in [-0.39, 0.29) is 18.4 Å². The van der Waals surface area contributed by atoms with E-state index in [9.17, 15) is 4.79 Å². The molecule has 0 radical (unpaired) electrons. The number of hydrogen-bond acceptors (Lipinski definition) is 3. The third-order valence-corrected chi connectivity index (χ3v) is 4.02. The van der Waals surface area contributed by atoms with Crippen molar-refractivity contribution in [3.05, 3.63) is 59.4 Å². The Bertz CT molecular complexity index is 743. The number of guanidine groups is 1. The predicted molar refractivity (Wildman–Crippen MR) is 102 cm³/mol. The molecule has 1 aromatic carbocycles. The minimum Gasteiger partial charge on any atom is -0.370 e. The van der Waals surface area contributed by atoms with Crippen LogP contribution in [-0.4, -0.2) is 41.9 Å². The number of nitrogens with one attached hydrogen (secondary N) is 1. The number of carbonyl (C=O) groups excluding carboxylic acids is 1. The lowest BCUT2D eigenvalue weighted by atomic mass is 10.1. The molecule has 6 heteroatoms. The van der Waals surface area contributed by atoms with Gasteiger partial charge in [-0.1, -0.05) is 12.1 Å². The Morgan fingerprint density at radius 1 is 1.24 bits per heavy atom. The number of anilines is 1. The molecule has 2 rings (SSSR count). The first kappa shape index (κ1) is 18.4. The average molecular weight is 339 g/mol. The highest BCUT2D eigenvalue weighted by Gasteiger charge is 2.08. The molecule has 132 valence electrons. The summed E-state index contributed by atoms with van der Waals surface area (Å²) < 4.78 is 0. The Hall–Kier alpha value is -2.89. The normalized spacial score (nSPS) is 11.2. The number of pyridine rings is 1. The van der Waals surface area contributed by atoms with Crippen LogP contribution < -0.4 is 11.1 Å². The van der Waals surface area contributed by atoms with Gasteiger partial charge in [-0.2, -0.15) is 0 Å². The van der Waals surface area contributed by atoms with E-state index in [1.807, 2.05) is 43.3 Å². The van der Waals surface area contributed by atoms with Crippen molar-refractivity contribution in [2.75, 3.05) is 25.5 Å². The van der Waals surface area contributed by atoms with Gasteiger partial charge in [-0.15, -0.1) is 0 Å². The van der Waals surface area contributed by atoms with Crippen LogP contribution in [0.1, 0.15) is 16.8 Å². The number of nitrogens with two attached hydrogens (primary N) is 1. The van der Waals surface area contributed by atoms with Crippen LogP contribution in [-0.2, 0) is 11.2 Å². The Labute approximate surface area is 148 Å². The number of carbonyl (C=O) groups is 1. The van der Waals surface area contributed by atoms with Crippen LogP contribution in [0.4, 0.5) is 5.69 Å². The number of amides is 1. The van der Waals surface area contributed by atoms with Crippen LogP contribution in [0, 0.1) is 13.8 Å². The first-order valence-corrected chi connectivity index (χ1v) is 8.24. The van der Waals surface area contributed by atoms with Crippen LogP contribution in [0.25, 0.3) is 0 Å². The second kappa shape index (κ2) is 8.82. The summed E-state index contributed by atoms with van der Waals surface area (Å²) in [5, 5.41) is 3.01. The van der Waals surface area contributed by atoms with Crippen LogP contribution >= 0.6 is 0 Å². The van der Waals surface area contributed by atoms with Gasteiger partial charge in [-0.05, 0) is 49.2 Å². The van der Waals surface area contributed by atoms with Crippen LogP contribution in [0.15, 0.2) is 47.6 Å². The smallest absolute Gasteiger partial charge is 0.244 e. The van der Waals surface area contributed by atoms with E-state index in [2.05, 4.69) is 22.2 Å². The third kappa shape index (κ3) is 5.91. The van der Waals surface area contributed by atoms with Crippen molar-refractivity contribution < 1.29 is 4.79 Å². The average Bonchev–Trinajstić information content (AvgIpc) is 2.61. The molecule has 2 aromatic rings. The quantitative estimate of drug-likeness (QED) is 0.624. The van der Waals surface area contributed by atoms with Crippen LogP contribution in [0.5, 0.6) is 0 Å². The number of aromatic nitrogens is 1. The van der Waals surface area contributed by atoms with Gasteiger partial charge < -0.3 is 16.0 Å². The van der Waals surface area contributed by atoms with Crippen LogP contribution in [0.2, 0.25) is 0 Å². The topological polar surface area (TPSA) is 83.6 Å². The second-order valence-electron chi connectivity index (χ2n) is 6.01. The molecule has 0 unspecified atom stereocenters. The molecule has 3 N–H and O–H groups in total. The Balaban J connectivity index is 1.82. The Kier molecular flexibility index (Phi) is 6.51. The van der Waals surface area contributed by atoms with Gasteiger partial charge in [-0.3, -0.25) is 9.78 Å². The van der Waals surface area contributed by atoms with Crippen molar-refractivity contribution in [3.63, 3.8) is 0 Å². The molecule has 0 saturated heterocycles. The van der Waals surface area contributed by atoms with E-state index in [1.54, 1.807) is 18.1 Å². The SMILES string of the molecule is Cc1ccc(NC(N)=NCC(=O)N(C)CCc2ccccn2)cc1C. The summed E-state index contributed by atoms with van der Waals surface area (Å²) in [6, 6.07) is 11.7. The molecule has 0 aliphatic carbocycles. The van der Waals surface area contributed by atoms with E-state index in [4.69, 9.17) is 5.73 Å². The van der Waals surface area contributed by atoms with E-state index in [0.717, 1.165) is 11.4 Å². The Morgan fingerprint density at radius 2 is 2.04 bits per heavy atom. The number of benzene rings is 1. The number of aryl methyl sites for hydroxylation is 2. The second-order valence-corrected chi connectivity index (χ2v) is 6.01. The highest BCUT2D eigenvalue weighted by molar-refractivity contribution is 5.93. The van der Waals surface area contributed by atoms with Crippen molar-refractivity contribution >= 4 is 17.6 Å². The van der Waals surface area contributed by atoms with Gasteiger partial charge >= 0.3 is 0 Å². The summed E-state index contributed by atoms with van der Waals surface area (Å²) in [7, 11) is 1.76. The summed E-state index contributed by atoms with van der Waals surface area (Å²) in [4.78, 5) is 22.1. The van der Waals surface area contributed by atoms with Gasteiger partial charge in [0.15, 0.2) is 5.96 Å². The summed E-state index contributed by atoms with van der Waals surface area (Å²) in [6.45, 7) is 4.70. The largest absolute Gasteiger partial charge is 0.370 e. The molecule has 0 atom stereocenters. The lowest BCUT2D eigenvalue weighted by Gasteiger charge is -2.16. The minimum atomic E-state index is -0.0826. The predicted octanol–water partition coefficient (Wildman–Crippen LogP) is 2.13. The Morgan fingerprint density at radius 3 is 2.72 bits per heavy atom. The highest BCUT2D eigenvalue weighted by Crippen LogP contribution is 2.13. The van der Waals surface area contributed by atoms with E-state index < -0.39 is 0 Å². The maximum Gasteiger partial charge on any atom is 0.244 e. The van der Waals surface area contributed by atoms with Crippen LogP contribution in [0.3, 0.4) is 0 Å². The summed E-state index contributed by atoms with van der Waals surface area (Å²) in [5.74, 6) is 0.149. The first-order chi connectivity index (χ1) is 12.0. The molecule has 0 aliphatic heterocycles. The monoisotopic (exact) mass is 339 g/mol. The van der Waals surface area contributed by atoms with Crippen molar-refractivity contribution in [2.24, 2.45) is 10.7 Å². The molecule has 0 spiro atoms. The number of aliphatic imine (C=N–C) groups is 1. The molecule has 1 aromatic heterocycles. The molecule has 0 saturated carbocycles. The lowest BCUT2D eigenvalue weighted by molar-refractivity contribution is -0.128. The van der Waals surface area contributed by atoms with Crippen molar-refractivity contribution in [3.8, 4) is 0 Å². The maximum atomic E-state index is 12.1. The third-order valence-electron chi connectivity index (χ3n) is 4.02. The van der Waals surface area contributed by atoms with Gasteiger partial charge in [0.25, 0.3) is 0 Å². The van der Waals surface area contributed by atoms with Gasteiger partial charge in [0, 0.05) is 37.6 Å². The molecule has 0 bridgehead atoms. The number of hydrogen-bond donors (Lipinski definition) is 2. The first-order valence-electron chi connectivity index (χ1n) is 8.24. The standard InChI is InChI=1S/C19H25N5O/c1-14-7-8-17(12-15(14)2)23-19(20)22-13-18(25)24(3)11-9-16-6-4-5-10-21-16/h4-8,10,12H,9,11,13H2,1-3H3,(H3,20,22,23). The summed E-state index contributed by atoms with van der Waals surface area (Å²) in [6.07, 6.45) is 2.46. The molecule has 25 heavy (non-hydrogen) atoms. The number of rotatable bonds is 6. The fourth-order valence-electron chi connectivity index (χ4n) is 2.23. The fraction of sp³-hybridized carbons (Fsp3) is 0.316. The van der Waals surface area contributed by atoms with Gasteiger partial charge in [0.05, 0.1) is 0 Å². The summed E-state index contributed by atoms with van der Waals surface area (Å²) >= 11 is 0. The lowest BCUT2D eigenvalue weighted by Crippen LogP contribution is -2.32. The minimum absolute atomic E-state index is 0.0163. The molecule has 0 aliphatic rings. The molecule has 1 amide bonds. The van der Waals surface area contributed by atoms with E-state index >= 15 is 0 Å². The zero-order valence-corrected chi connectivity index (χ0v) is 15.0.